The van der Waals surface area contributed by atoms with Gasteiger partial charge in [-0.05, 0) is 18.2 Å². The van der Waals surface area contributed by atoms with Crippen molar-refractivity contribution in [3.63, 3.8) is 0 Å². The molecule has 2 N–H and O–H groups in total. The Labute approximate surface area is 148 Å². The number of anilines is 2. The van der Waals surface area contributed by atoms with E-state index in [0.29, 0.717) is 23.9 Å². The molecule has 0 spiro atoms. The zero-order valence-corrected chi connectivity index (χ0v) is 14.3. The maximum absolute atomic E-state index is 12.3. The van der Waals surface area contributed by atoms with E-state index in [1.807, 2.05) is 6.07 Å². The second-order valence-corrected chi connectivity index (χ2v) is 6.00. The number of carboxylic acids is 1. The Bertz CT molecular complexity index is 814. The number of amides is 1. The van der Waals surface area contributed by atoms with Crippen LogP contribution < -0.4 is 10.2 Å². The molecule has 0 atom stereocenters. The molecule has 0 radical (unpaired) electrons. The van der Waals surface area contributed by atoms with E-state index in [1.165, 1.54) is 10.9 Å². The van der Waals surface area contributed by atoms with Crippen LogP contribution in [0.2, 0.25) is 5.02 Å². The van der Waals surface area contributed by atoms with Gasteiger partial charge in [0, 0.05) is 32.0 Å². The summed E-state index contributed by atoms with van der Waals surface area (Å²) in [6.45, 7) is 2.79. The predicted molar refractivity (Wildman–Crippen MR) is 92.6 cm³/mol. The molecule has 2 aromatic rings. The summed E-state index contributed by atoms with van der Waals surface area (Å²) in [5.74, 6) is -1.81. The van der Waals surface area contributed by atoms with Crippen molar-refractivity contribution < 1.29 is 19.4 Å². The van der Waals surface area contributed by atoms with Crippen LogP contribution >= 0.6 is 11.6 Å². The summed E-state index contributed by atoms with van der Waals surface area (Å²) in [5, 5.41) is 16.2. The van der Waals surface area contributed by atoms with Gasteiger partial charge in [-0.3, -0.25) is 9.48 Å². The standard InChI is InChI=1S/C16H17ClN4O4/c1-20-9-11(16(23)24)14(19-20)15(22)18-10-2-3-13(12(17)8-10)21-4-6-25-7-5-21/h2-3,8-9H,4-7H2,1H3,(H,18,22)(H,23,24). The first kappa shape index (κ1) is 17.2. The molecule has 9 heteroatoms. The minimum absolute atomic E-state index is 0.150. The molecular weight excluding hydrogens is 348 g/mol. The Kier molecular flexibility index (Phi) is 4.91. The summed E-state index contributed by atoms with van der Waals surface area (Å²) in [5.41, 5.74) is 1.03. The van der Waals surface area contributed by atoms with Gasteiger partial charge in [-0.1, -0.05) is 11.6 Å². The highest BCUT2D eigenvalue weighted by Gasteiger charge is 2.21. The van der Waals surface area contributed by atoms with E-state index in [4.69, 9.17) is 21.4 Å². The molecule has 3 rings (SSSR count). The molecule has 1 aromatic heterocycles. The van der Waals surface area contributed by atoms with Gasteiger partial charge in [0.05, 0.1) is 23.9 Å². The van der Waals surface area contributed by atoms with Gasteiger partial charge in [0.15, 0.2) is 5.69 Å². The topological polar surface area (TPSA) is 96.7 Å². The molecule has 1 fully saturated rings. The lowest BCUT2D eigenvalue weighted by atomic mass is 10.2. The van der Waals surface area contributed by atoms with Gasteiger partial charge in [0.25, 0.3) is 5.91 Å². The van der Waals surface area contributed by atoms with E-state index in [-0.39, 0.29) is 11.3 Å². The normalized spacial score (nSPS) is 14.4. The second-order valence-electron chi connectivity index (χ2n) is 5.59. The quantitative estimate of drug-likeness (QED) is 0.859. The molecular formula is C16H17ClN4O4. The Morgan fingerprint density at radius 3 is 2.68 bits per heavy atom. The first-order valence-electron chi connectivity index (χ1n) is 7.66. The Morgan fingerprint density at radius 2 is 2.04 bits per heavy atom. The average Bonchev–Trinajstić information content (AvgIpc) is 2.98. The van der Waals surface area contributed by atoms with Crippen molar-refractivity contribution in [3.8, 4) is 0 Å². The van der Waals surface area contributed by atoms with Crippen LogP contribution in [-0.4, -0.2) is 53.1 Å². The summed E-state index contributed by atoms with van der Waals surface area (Å²) in [4.78, 5) is 25.6. The first-order valence-corrected chi connectivity index (χ1v) is 8.04. The number of nitrogens with one attached hydrogen (secondary N) is 1. The lowest BCUT2D eigenvalue weighted by Gasteiger charge is -2.29. The molecule has 8 nitrogen and oxygen atoms in total. The minimum atomic E-state index is -1.21. The molecule has 1 aliphatic rings. The fourth-order valence-corrected chi connectivity index (χ4v) is 2.95. The molecule has 1 amide bonds. The number of hydrogen-bond donors (Lipinski definition) is 2. The fourth-order valence-electron chi connectivity index (χ4n) is 2.65. The number of aromatic nitrogens is 2. The van der Waals surface area contributed by atoms with Crippen molar-refractivity contribution in [2.24, 2.45) is 7.05 Å². The number of morpholine rings is 1. The van der Waals surface area contributed by atoms with Gasteiger partial charge < -0.3 is 20.1 Å². The van der Waals surface area contributed by atoms with Crippen LogP contribution in [-0.2, 0) is 11.8 Å². The maximum atomic E-state index is 12.3. The fraction of sp³-hybridized carbons (Fsp3) is 0.312. The van der Waals surface area contributed by atoms with Crippen LogP contribution in [0.5, 0.6) is 0 Å². The molecule has 132 valence electrons. The van der Waals surface area contributed by atoms with Crippen molar-refractivity contribution in [1.29, 1.82) is 0 Å². The third-order valence-corrected chi connectivity index (χ3v) is 4.13. The molecule has 1 saturated heterocycles. The van der Waals surface area contributed by atoms with Crippen LogP contribution in [0.1, 0.15) is 20.8 Å². The highest BCUT2D eigenvalue weighted by atomic mass is 35.5. The highest BCUT2D eigenvalue weighted by Crippen LogP contribution is 2.29. The number of benzene rings is 1. The second kappa shape index (κ2) is 7.12. The monoisotopic (exact) mass is 364 g/mol. The zero-order valence-electron chi connectivity index (χ0n) is 13.5. The number of nitrogens with zero attached hydrogens (tertiary/aromatic N) is 3. The number of carbonyl (C=O) groups excluding carboxylic acids is 1. The molecule has 0 unspecified atom stereocenters. The molecule has 0 saturated carbocycles. The molecule has 1 aromatic carbocycles. The molecule has 1 aliphatic heterocycles. The highest BCUT2D eigenvalue weighted by molar-refractivity contribution is 6.33. The SMILES string of the molecule is Cn1cc(C(=O)O)c(C(=O)Nc2ccc(N3CCOCC3)c(Cl)c2)n1. The van der Waals surface area contributed by atoms with Crippen molar-refractivity contribution >= 4 is 34.9 Å². The Hall–Kier alpha value is -2.58. The number of aromatic carboxylic acids is 1. The summed E-state index contributed by atoms with van der Waals surface area (Å²) in [7, 11) is 1.55. The number of hydrogen-bond acceptors (Lipinski definition) is 5. The first-order chi connectivity index (χ1) is 12.0. The number of aryl methyl sites for hydroxylation is 1. The summed E-state index contributed by atoms with van der Waals surface area (Å²) >= 11 is 6.33. The molecule has 2 heterocycles. The van der Waals surface area contributed by atoms with Crippen molar-refractivity contribution in [2.75, 3.05) is 36.5 Å². The number of rotatable bonds is 4. The number of carboxylic acid groups (broad SMARTS) is 1. The van der Waals surface area contributed by atoms with E-state index >= 15 is 0 Å². The van der Waals surface area contributed by atoms with Gasteiger partial charge in [0.1, 0.15) is 5.56 Å². The zero-order chi connectivity index (χ0) is 18.0. The summed E-state index contributed by atoms with van der Waals surface area (Å²) in [6, 6.07) is 5.17. The van der Waals surface area contributed by atoms with E-state index in [0.717, 1.165) is 18.8 Å². The third-order valence-electron chi connectivity index (χ3n) is 3.83. The van der Waals surface area contributed by atoms with Crippen LogP contribution in [0.3, 0.4) is 0 Å². The van der Waals surface area contributed by atoms with E-state index in [2.05, 4.69) is 15.3 Å². The molecule has 0 aliphatic carbocycles. The smallest absolute Gasteiger partial charge is 0.339 e. The summed E-state index contributed by atoms with van der Waals surface area (Å²) < 4.78 is 6.60. The number of carbonyl (C=O) groups is 2. The van der Waals surface area contributed by atoms with E-state index in [9.17, 15) is 9.59 Å². The van der Waals surface area contributed by atoms with Crippen LogP contribution in [0.4, 0.5) is 11.4 Å². The van der Waals surface area contributed by atoms with Crippen LogP contribution in [0.15, 0.2) is 24.4 Å². The number of ether oxygens (including phenoxy) is 1. The largest absolute Gasteiger partial charge is 0.478 e. The number of halogens is 1. The van der Waals surface area contributed by atoms with Gasteiger partial charge in [-0.25, -0.2) is 4.79 Å². The predicted octanol–water partition coefficient (Wildman–Crippen LogP) is 1.86. The van der Waals surface area contributed by atoms with Crippen LogP contribution in [0, 0.1) is 0 Å². The lowest BCUT2D eigenvalue weighted by molar-refractivity contribution is 0.0692. The maximum Gasteiger partial charge on any atom is 0.339 e. The summed E-state index contributed by atoms with van der Waals surface area (Å²) in [6.07, 6.45) is 1.28. The molecule has 0 bridgehead atoms. The van der Waals surface area contributed by atoms with E-state index in [1.54, 1.807) is 19.2 Å². The van der Waals surface area contributed by atoms with Crippen molar-refractivity contribution in [3.05, 3.63) is 40.7 Å². The van der Waals surface area contributed by atoms with Crippen LogP contribution in [0.25, 0.3) is 0 Å². The van der Waals surface area contributed by atoms with Crippen molar-refractivity contribution in [1.82, 2.24) is 9.78 Å². The average molecular weight is 365 g/mol. The van der Waals surface area contributed by atoms with E-state index < -0.39 is 11.9 Å². The molecule has 25 heavy (non-hydrogen) atoms. The van der Waals surface area contributed by atoms with Gasteiger partial charge in [0.2, 0.25) is 0 Å². The van der Waals surface area contributed by atoms with Crippen molar-refractivity contribution in [2.45, 2.75) is 0 Å². The lowest BCUT2D eigenvalue weighted by Crippen LogP contribution is -2.36. The Morgan fingerprint density at radius 1 is 1.32 bits per heavy atom. The van der Waals surface area contributed by atoms with Gasteiger partial charge in [-0.2, -0.15) is 5.10 Å². The van der Waals surface area contributed by atoms with Gasteiger partial charge in [-0.15, -0.1) is 0 Å². The minimum Gasteiger partial charge on any atom is -0.478 e. The van der Waals surface area contributed by atoms with Gasteiger partial charge >= 0.3 is 5.97 Å². The Balaban J connectivity index is 1.78. The third kappa shape index (κ3) is 3.75.